The van der Waals surface area contributed by atoms with Gasteiger partial charge in [0.2, 0.25) is 0 Å². The van der Waals surface area contributed by atoms with Crippen molar-refractivity contribution in [3.8, 4) is 5.75 Å². The number of aromatic hydroxyl groups is 1. The number of aryl methyl sites for hydroxylation is 2. The van der Waals surface area contributed by atoms with E-state index in [2.05, 4.69) is 29.6 Å². The maximum Gasteiger partial charge on any atom is -0.0273 e. The molecule has 0 aromatic heterocycles. The van der Waals surface area contributed by atoms with Crippen molar-refractivity contribution in [1.82, 2.24) is 0 Å². The van der Waals surface area contributed by atoms with Crippen LogP contribution in [0, 0.1) is 0 Å². The van der Waals surface area contributed by atoms with Gasteiger partial charge in [0.05, 0.1) is 0 Å². The average Bonchev–Trinajstić information content (AvgIpc) is 2.97. The summed E-state index contributed by atoms with van der Waals surface area (Å²) in [4.78, 5) is 10.7. The first kappa shape index (κ1) is 18.3. The third kappa shape index (κ3) is 4.99. The molecule has 0 fully saturated rings. The molecule has 0 saturated heterocycles. The molecule has 1 aliphatic rings. The van der Waals surface area contributed by atoms with Gasteiger partial charge in [0, 0.05) is 0 Å². The van der Waals surface area contributed by atoms with E-state index in [1.54, 1.807) is 11.1 Å². The number of anilines is 1. The van der Waals surface area contributed by atoms with Gasteiger partial charge in [0.25, 0.3) is 0 Å². The second kappa shape index (κ2) is 7.71. The van der Waals surface area contributed by atoms with Crippen molar-refractivity contribution >= 4 is 30.1 Å². The summed E-state index contributed by atoms with van der Waals surface area (Å²) in [5.74, 6) is -0.668. The fourth-order valence-corrected chi connectivity index (χ4v) is 3.70. The van der Waals surface area contributed by atoms with Gasteiger partial charge in [-0.25, -0.2) is 0 Å². The zero-order valence-electron chi connectivity index (χ0n) is 13.3. The number of hydrogen-bond acceptors (Lipinski definition) is 3. The third-order valence-corrected chi connectivity index (χ3v) is 5.63. The molecule has 0 radical (unpaired) electrons. The molecule has 0 unspecified atom stereocenters. The van der Waals surface area contributed by atoms with E-state index in [1.807, 2.05) is 0 Å². The minimum atomic E-state index is -4.98. The fraction of sp³-hybridized carbons (Fsp3) is 0.235. The summed E-state index contributed by atoms with van der Waals surface area (Å²) >= 11 is -4.98. The summed E-state index contributed by atoms with van der Waals surface area (Å²) in [5.41, 5.74) is 3.12. The van der Waals surface area contributed by atoms with Gasteiger partial charge in [-0.05, 0) is 30.4 Å². The molecule has 7 heteroatoms. The first-order valence-electron chi connectivity index (χ1n) is 7.51. The Morgan fingerprint density at radius 3 is 2.17 bits per heavy atom. The number of carbonyl (C=O) groups excluding carboxylic acids is 1. The summed E-state index contributed by atoms with van der Waals surface area (Å²) in [6.07, 6.45) is 3.96. The van der Waals surface area contributed by atoms with Crippen LogP contribution in [0.25, 0.3) is 0 Å². The van der Waals surface area contributed by atoms with Crippen LogP contribution in [0.15, 0.2) is 42.5 Å². The molecule has 0 spiro atoms. The maximum absolute atomic E-state index is 10.9. The van der Waals surface area contributed by atoms with Crippen molar-refractivity contribution in [2.24, 2.45) is 0 Å². The van der Waals surface area contributed by atoms with E-state index in [0.29, 0.717) is 0 Å². The van der Waals surface area contributed by atoms with E-state index in [4.69, 9.17) is 8.19 Å². The number of benzene rings is 2. The molecule has 1 aliphatic carbocycles. The molecule has 0 bridgehead atoms. The van der Waals surface area contributed by atoms with Gasteiger partial charge in [-0.3, -0.25) is 0 Å². The summed E-state index contributed by atoms with van der Waals surface area (Å²) in [7, 11) is 0. The number of nitrogens with one attached hydrogen (secondary N) is 1. The molecule has 3 rings (SSSR count). The van der Waals surface area contributed by atoms with Crippen LogP contribution in [0.1, 0.15) is 24.5 Å². The van der Waals surface area contributed by atoms with E-state index in [-0.39, 0.29) is 15.8 Å². The Morgan fingerprint density at radius 1 is 1.08 bits per heavy atom. The van der Waals surface area contributed by atoms with E-state index in [9.17, 15) is 13.6 Å². The Hall–Kier alpha value is -2.01. The normalized spacial score (nSPS) is 12.8. The number of phenols is 1. The third-order valence-electron chi connectivity index (χ3n) is 3.64. The number of rotatable bonds is 2. The van der Waals surface area contributed by atoms with Gasteiger partial charge in [-0.2, -0.15) is 0 Å². The van der Waals surface area contributed by atoms with Crippen LogP contribution < -0.4 is 9.67 Å². The average molecular weight is 393 g/mol. The van der Waals surface area contributed by atoms with Crippen LogP contribution in [-0.2, 0) is 21.4 Å². The van der Waals surface area contributed by atoms with Gasteiger partial charge >= 0.3 is 88.1 Å². The summed E-state index contributed by atoms with van der Waals surface area (Å²) < 4.78 is 28.6. The molecule has 0 atom stereocenters. The number of phenolic OH excluding ortho intramolecular Hbond substituents is 1. The molecule has 24 heavy (non-hydrogen) atoms. The Labute approximate surface area is 143 Å². The SMILES string of the molecule is CC(=O)Nc1cc([As](=O)(O)O)ccc1O.c1ccc2c(c1)CCC2. The largest absolute Gasteiger partial charge is 0.0620 e. The molecule has 4 N–H and O–H groups in total. The molecule has 128 valence electrons. The minimum absolute atomic E-state index is 0.00951. The first-order valence-corrected chi connectivity index (χ1v) is 10.9. The first-order chi connectivity index (χ1) is 11.3. The zero-order chi connectivity index (χ0) is 17.7. The van der Waals surface area contributed by atoms with Crippen molar-refractivity contribution in [3.63, 3.8) is 0 Å². The van der Waals surface area contributed by atoms with Gasteiger partial charge in [0.1, 0.15) is 0 Å². The molecule has 2 aromatic rings. The summed E-state index contributed by atoms with van der Waals surface area (Å²) in [5, 5.41) is 11.6. The molecule has 0 aliphatic heterocycles. The van der Waals surface area contributed by atoms with Gasteiger partial charge < -0.3 is 0 Å². The zero-order valence-corrected chi connectivity index (χ0v) is 15.1. The van der Waals surface area contributed by atoms with E-state index >= 15 is 0 Å². The van der Waals surface area contributed by atoms with E-state index in [0.717, 1.165) is 18.2 Å². The van der Waals surface area contributed by atoms with Gasteiger partial charge in [-0.1, -0.05) is 24.3 Å². The molecule has 6 nitrogen and oxygen atoms in total. The van der Waals surface area contributed by atoms with Crippen molar-refractivity contribution in [1.29, 1.82) is 0 Å². The molecule has 1 amide bonds. The Bertz CT molecular complexity index is 761. The van der Waals surface area contributed by atoms with Gasteiger partial charge in [-0.15, -0.1) is 0 Å². The smallest absolute Gasteiger partial charge is 0.0273 e. The fourth-order valence-electron chi connectivity index (χ4n) is 2.51. The quantitative estimate of drug-likeness (QED) is 0.452. The number of amides is 1. The maximum atomic E-state index is 10.9. The van der Waals surface area contributed by atoms with Crippen LogP contribution in [0.5, 0.6) is 5.75 Å². The van der Waals surface area contributed by atoms with Gasteiger partial charge in [0.15, 0.2) is 0 Å². The van der Waals surface area contributed by atoms with Crippen molar-refractivity contribution in [3.05, 3.63) is 53.6 Å². The summed E-state index contributed by atoms with van der Waals surface area (Å²) in [6, 6.07) is 12.1. The van der Waals surface area contributed by atoms with Crippen LogP contribution in [0.4, 0.5) is 5.69 Å². The number of carbonyl (C=O) groups is 1. The summed E-state index contributed by atoms with van der Waals surface area (Å²) in [6.45, 7) is 1.23. The van der Waals surface area contributed by atoms with Crippen LogP contribution in [0.2, 0.25) is 0 Å². The molecular weight excluding hydrogens is 373 g/mol. The van der Waals surface area contributed by atoms with Crippen LogP contribution in [-0.4, -0.2) is 33.4 Å². The van der Waals surface area contributed by atoms with Crippen LogP contribution in [0.3, 0.4) is 0 Å². The second-order valence-electron chi connectivity index (χ2n) is 5.55. The molecule has 2 aromatic carbocycles. The van der Waals surface area contributed by atoms with Crippen molar-refractivity contribution in [2.45, 2.75) is 26.2 Å². The Morgan fingerprint density at radius 2 is 1.67 bits per heavy atom. The predicted molar refractivity (Wildman–Crippen MR) is 91.4 cm³/mol. The number of hydrogen-bond donors (Lipinski definition) is 4. The van der Waals surface area contributed by atoms with Crippen molar-refractivity contribution in [2.75, 3.05) is 5.32 Å². The van der Waals surface area contributed by atoms with E-state index < -0.39 is 20.1 Å². The second-order valence-corrected chi connectivity index (χ2v) is 8.92. The number of fused-ring (bicyclic) bond motifs is 1. The molecule has 0 saturated carbocycles. The predicted octanol–water partition coefficient (Wildman–Crippen LogP) is 1.09. The standard InChI is InChI=1S/C9H10.C8H10AsNO5/c1-2-5-9-7-3-6-8(9)4-1;1-5(11)10-7-4-6(9(13,14)15)2-3-8(7)12/h1-2,4-5H,3,6-7H2;2-4,12H,1H3,(H,10,11)(H2,13,14,15). The molecular formula is C17H20AsNO5. The Kier molecular flexibility index (Phi) is 5.88. The minimum Gasteiger partial charge on any atom is -0.0620 e. The topological polar surface area (TPSA) is 107 Å². The van der Waals surface area contributed by atoms with E-state index in [1.165, 1.54) is 26.2 Å². The Balaban J connectivity index is 0.000000194. The van der Waals surface area contributed by atoms with Crippen molar-refractivity contribution < 1.29 is 21.8 Å². The molecule has 0 heterocycles. The van der Waals surface area contributed by atoms with Crippen LogP contribution >= 0.6 is 0 Å². The monoisotopic (exact) mass is 393 g/mol.